The van der Waals surface area contributed by atoms with Gasteiger partial charge in [-0.3, -0.25) is 0 Å². The highest BCUT2D eigenvalue weighted by Crippen LogP contribution is 2.60. The molecule has 0 amide bonds. The molecule has 3 heteroatoms. The third-order valence-electron chi connectivity index (χ3n) is 11.6. The van der Waals surface area contributed by atoms with Crippen LogP contribution in [-0.2, 0) is 5.41 Å². The number of hydrogen-bond donors (Lipinski definition) is 0. The summed E-state index contributed by atoms with van der Waals surface area (Å²) in [5.74, 6) is 1.78. The molecule has 0 saturated heterocycles. The van der Waals surface area contributed by atoms with Crippen LogP contribution in [0.3, 0.4) is 0 Å². The fourth-order valence-corrected chi connectivity index (χ4v) is 9.51. The summed E-state index contributed by atoms with van der Waals surface area (Å²) in [6.45, 7) is 0. The van der Waals surface area contributed by atoms with Crippen molar-refractivity contribution in [3.8, 4) is 34.0 Å². The van der Waals surface area contributed by atoms with Gasteiger partial charge in [-0.05, 0) is 70.8 Å². The minimum Gasteiger partial charge on any atom is -0.457 e. The molecule has 52 heavy (non-hydrogen) atoms. The number of nitrogens with zero attached hydrogens (tertiary/aromatic N) is 2. The van der Waals surface area contributed by atoms with Gasteiger partial charge in [0.1, 0.15) is 11.5 Å². The molecule has 242 valence electrons. The van der Waals surface area contributed by atoms with Crippen molar-refractivity contribution < 1.29 is 4.74 Å². The zero-order valence-corrected chi connectivity index (χ0v) is 28.1. The summed E-state index contributed by atoms with van der Waals surface area (Å²) in [7, 11) is 0. The van der Waals surface area contributed by atoms with Crippen LogP contribution in [0.4, 0.5) is 0 Å². The predicted molar refractivity (Wildman–Crippen MR) is 212 cm³/mol. The molecule has 4 heterocycles. The van der Waals surface area contributed by atoms with Crippen LogP contribution in [0.25, 0.3) is 66.1 Å². The van der Waals surface area contributed by atoms with Gasteiger partial charge in [0, 0.05) is 38.4 Å². The first-order chi connectivity index (χ1) is 25.8. The molecular formula is C49H30N2O. The molecule has 1 spiro atoms. The van der Waals surface area contributed by atoms with Gasteiger partial charge in [0.25, 0.3) is 0 Å². The topological polar surface area (TPSA) is 19.1 Å². The van der Waals surface area contributed by atoms with Gasteiger partial charge in [-0.2, -0.15) is 0 Å². The summed E-state index contributed by atoms with van der Waals surface area (Å²) >= 11 is 0. The van der Waals surface area contributed by atoms with Crippen molar-refractivity contribution in [1.29, 1.82) is 0 Å². The van der Waals surface area contributed by atoms with Crippen molar-refractivity contribution in [2.45, 2.75) is 5.41 Å². The second kappa shape index (κ2) is 10.1. The highest BCUT2D eigenvalue weighted by molar-refractivity contribution is 6.13. The smallest absolute Gasteiger partial charge is 0.132 e. The number of rotatable bonds is 2. The first kappa shape index (κ1) is 27.9. The standard InChI is InChI=1S/C49H30N2O/c1-2-13-33(14-3-1)50-42-21-8-4-15-34(42)36-27-25-31(29-45(36)50)32-26-28-40-47(30-32)52-46-24-11-7-19-39(46)49(40)38-18-6-10-23-44(38)51-43-22-9-5-16-35(43)37-17-12-20-41(49)48(37)51/h1-30H. The molecule has 1 unspecified atom stereocenters. The number of hydrogen-bond acceptors (Lipinski definition) is 1. The monoisotopic (exact) mass is 662 g/mol. The lowest BCUT2D eigenvalue weighted by molar-refractivity contribution is 0.434. The lowest BCUT2D eigenvalue weighted by atomic mass is 9.61. The molecule has 2 aliphatic heterocycles. The molecule has 3 nitrogen and oxygen atoms in total. The molecule has 12 rings (SSSR count). The Labute approximate surface area is 300 Å². The maximum Gasteiger partial charge on any atom is 0.132 e. The lowest BCUT2D eigenvalue weighted by Crippen LogP contribution is -2.37. The van der Waals surface area contributed by atoms with Crippen molar-refractivity contribution in [3.63, 3.8) is 0 Å². The quantitative estimate of drug-likeness (QED) is 0.180. The Kier molecular flexibility index (Phi) is 5.43. The van der Waals surface area contributed by atoms with Crippen molar-refractivity contribution in [1.82, 2.24) is 9.13 Å². The molecule has 8 aromatic carbocycles. The van der Waals surface area contributed by atoms with Crippen LogP contribution < -0.4 is 4.74 Å². The minimum absolute atomic E-state index is 0.577. The van der Waals surface area contributed by atoms with Crippen LogP contribution in [0, 0.1) is 0 Å². The first-order valence-corrected chi connectivity index (χ1v) is 17.9. The van der Waals surface area contributed by atoms with Crippen molar-refractivity contribution in [3.05, 3.63) is 204 Å². The molecule has 0 aliphatic carbocycles. The maximum atomic E-state index is 6.94. The highest BCUT2D eigenvalue weighted by atomic mass is 16.5. The molecule has 0 saturated carbocycles. The second-order valence-electron chi connectivity index (χ2n) is 14.1. The Morgan fingerprint density at radius 2 is 0.962 bits per heavy atom. The molecule has 0 N–H and O–H groups in total. The summed E-state index contributed by atoms with van der Waals surface area (Å²) in [4.78, 5) is 0. The van der Waals surface area contributed by atoms with Gasteiger partial charge in [0.05, 0.1) is 33.2 Å². The van der Waals surface area contributed by atoms with E-state index in [0.717, 1.165) is 33.9 Å². The number of aromatic nitrogens is 2. The van der Waals surface area contributed by atoms with Crippen LogP contribution in [0.15, 0.2) is 182 Å². The number of para-hydroxylation sites is 6. The lowest BCUT2D eigenvalue weighted by Gasteiger charge is -2.45. The molecule has 1 atom stereocenters. The van der Waals surface area contributed by atoms with E-state index >= 15 is 0 Å². The van der Waals surface area contributed by atoms with E-state index < -0.39 is 5.41 Å². The van der Waals surface area contributed by atoms with Crippen molar-refractivity contribution in [2.75, 3.05) is 0 Å². The summed E-state index contributed by atoms with van der Waals surface area (Å²) < 4.78 is 11.8. The van der Waals surface area contributed by atoms with Crippen LogP contribution in [0.1, 0.15) is 22.3 Å². The molecule has 10 aromatic rings. The predicted octanol–water partition coefficient (Wildman–Crippen LogP) is 12.3. The van der Waals surface area contributed by atoms with E-state index in [9.17, 15) is 0 Å². The van der Waals surface area contributed by atoms with Crippen molar-refractivity contribution >= 4 is 43.6 Å². The van der Waals surface area contributed by atoms with E-state index in [1.807, 2.05) is 0 Å². The Balaban J connectivity index is 1.14. The average molecular weight is 663 g/mol. The zero-order chi connectivity index (χ0) is 34.0. The van der Waals surface area contributed by atoms with Gasteiger partial charge in [0.15, 0.2) is 0 Å². The minimum atomic E-state index is -0.577. The number of benzene rings is 8. The van der Waals surface area contributed by atoms with Gasteiger partial charge in [-0.1, -0.05) is 133 Å². The normalized spacial score (nSPS) is 15.5. The fourth-order valence-electron chi connectivity index (χ4n) is 9.51. The molecular weight excluding hydrogens is 633 g/mol. The highest BCUT2D eigenvalue weighted by Gasteiger charge is 2.50. The summed E-state index contributed by atoms with van der Waals surface area (Å²) in [5.41, 5.74) is 13.8. The van der Waals surface area contributed by atoms with Crippen LogP contribution in [0.2, 0.25) is 0 Å². The van der Waals surface area contributed by atoms with E-state index in [-0.39, 0.29) is 0 Å². The number of ether oxygens (including phenoxy) is 1. The van der Waals surface area contributed by atoms with E-state index in [1.165, 1.54) is 66.0 Å². The number of fused-ring (bicyclic) bond motifs is 14. The molecule has 0 fully saturated rings. The Bertz CT molecular complexity index is 3110. The second-order valence-corrected chi connectivity index (χ2v) is 14.1. The van der Waals surface area contributed by atoms with E-state index in [4.69, 9.17) is 4.74 Å². The van der Waals surface area contributed by atoms with Gasteiger partial charge in [-0.25, -0.2) is 0 Å². The van der Waals surface area contributed by atoms with E-state index in [0.29, 0.717) is 0 Å². The zero-order valence-electron chi connectivity index (χ0n) is 28.1. The molecule has 0 radical (unpaired) electrons. The summed E-state index contributed by atoms with van der Waals surface area (Å²) in [6, 6.07) is 66.3. The molecule has 2 aliphatic rings. The van der Waals surface area contributed by atoms with Gasteiger partial charge < -0.3 is 13.9 Å². The Hall–Kier alpha value is -6.84. The van der Waals surface area contributed by atoms with E-state index in [2.05, 4.69) is 191 Å². The Morgan fingerprint density at radius 1 is 0.365 bits per heavy atom. The van der Waals surface area contributed by atoms with Crippen LogP contribution in [-0.4, -0.2) is 9.13 Å². The SMILES string of the molecule is c1ccc(-n2c3ccccc3c3ccc(-c4ccc5c(c4)Oc4ccccc4C54c5ccccc5-n5c6ccccc6c6cccc4c65)cc32)cc1. The average Bonchev–Trinajstić information content (AvgIpc) is 3.73. The van der Waals surface area contributed by atoms with Crippen molar-refractivity contribution in [2.24, 2.45) is 0 Å². The fraction of sp³-hybridized carbons (Fsp3) is 0.0204. The first-order valence-electron chi connectivity index (χ1n) is 17.9. The third kappa shape index (κ3) is 3.45. The Morgan fingerprint density at radius 3 is 1.83 bits per heavy atom. The van der Waals surface area contributed by atoms with Gasteiger partial charge in [-0.15, -0.1) is 0 Å². The molecule has 2 aromatic heterocycles. The van der Waals surface area contributed by atoms with Gasteiger partial charge >= 0.3 is 0 Å². The summed E-state index contributed by atoms with van der Waals surface area (Å²) in [5, 5.41) is 5.03. The third-order valence-corrected chi connectivity index (χ3v) is 11.6. The molecule has 0 bridgehead atoms. The largest absolute Gasteiger partial charge is 0.457 e. The maximum absolute atomic E-state index is 6.94. The van der Waals surface area contributed by atoms with Crippen LogP contribution in [0.5, 0.6) is 11.5 Å². The van der Waals surface area contributed by atoms with Crippen LogP contribution >= 0.6 is 0 Å². The summed E-state index contributed by atoms with van der Waals surface area (Å²) in [6.07, 6.45) is 0. The van der Waals surface area contributed by atoms with Gasteiger partial charge in [0.2, 0.25) is 0 Å². The van der Waals surface area contributed by atoms with E-state index in [1.54, 1.807) is 0 Å².